The van der Waals surface area contributed by atoms with Gasteiger partial charge in [-0.25, -0.2) is 0 Å². The Bertz CT molecular complexity index is 306. The van der Waals surface area contributed by atoms with Crippen LogP contribution in [0.25, 0.3) is 0 Å². The van der Waals surface area contributed by atoms with Gasteiger partial charge in [-0.3, -0.25) is 0 Å². The summed E-state index contributed by atoms with van der Waals surface area (Å²) in [6.07, 6.45) is 1.99. The smallest absolute Gasteiger partial charge is 0.165 e. The van der Waals surface area contributed by atoms with Gasteiger partial charge in [0, 0.05) is 24.6 Å². The highest BCUT2D eigenvalue weighted by Crippen LogP contribution is 2.32. The Labute approximate surface area is 111 Å². The van der Waals surface area contributed by atoms with Crippen LogP contribution in [-0.4, -0.2) is 27.4 Å². The Morgan fingerprint density at radius 1 is 1.12 bits per heavy atom. The van der Waals surface area contributed by atoms with Gasteiger partial charge in [0.05, 0.1) is 13.7 Å². The van der Waals surface area contributed by atoms with Crippen molar-refractivity contribution in [1.82, 2.24) is 0 Å². The molecule has 1 rings (SSSR count). The van der Waals surface area contributed by atoms with Gasteiger partial charge in [0.15, 0.2) is 11.5 Å². The number of hydrogen-bond acceptors (Lipinski definition) is 3. The molecule has 0 saturated heterocycles. The maximum atomic E-state index is 5.79. The average Bonchev–Trinajstić information content (AvgIpc) is 2.38. The third-order valence-corrected chi connectivity index (χ3v) is 3.02. The number of para-hydroxylation sites is 1. The van der Waals surface area contributed by atoms with Crippen molar-refractivity contribution in [3.8, 4) is 11.5 Å². The van der Waals surface area contributed by atoms with Gasteiger partial charge in [-0.15, -0.1) is 0 Å². The molecule has 4 heteroatoms. The van der Waals surface area contributed by atoms with E-state index in [0.717, 1.165) is 41.8 Å². The lowest BCUT2D eigenvalue weighted by molar-refractivity contribution is 0.183. The van der Waals surface area contributed by atoms with Crippen molar-refractivity contribution >= 4 is 15.9 Å². The van der Waals surface area contributed by atoms with Crippen molar-refractivity contribution in [2.24, 2.45) is 0 Å². The minimum absolute atomic E-state index is 0.684. The van der Waals surface area contributed by atoms with Crippen molar-refractivity contribution in [3.63, 3.8) is 0 Å². The fourth-order valence-electron chi connectivity index (χ4n) is 1.51. The summed E-state index contributed by atoms with van der Waals surface area (Å²) < 4.78 is 16.1. The van der Waals surface area contributed by atoms with E-state index < -0.39 is 0 Å². The Morgan fingerprint density at radius 3 is 2.53 bits per heavy atom. The van der Waals surface area contributed by atoms with Crippen molar-refractivity contribution in [2.45, 2.75) is 18.2 Å². The Kier molecular flexibility index (Phi) is 7.05. The number of alkyl halides is 1. The SMILES string of the molecule is COCCCCOc1c(CBr)cccc1OC. The second-order valence-corrected chi connectivity index (χ2v) is 4.19. The zero-order valence-corrected chi connectivity index (χ0v) is 12.0. The molecule has 0 fully saturated rings. The van der Waals surface area contributed by atoms with E-state index in [1.54, 1.807) is 14.2 Å². The average molecular weight is 303 g/mol. The van der Waals surface area contributed by atoms with Crippen molar-refractivity contribution in [1.29, 1.82) is 0 Å². The number of unbranched alkanes of at least 4 members (excludes halogenated alkanes) is 1. The third kappa shape index (κ3) is 4.56. The fourth-order valence-corrected chi connectivity index (χ4v) is 1.96. The zero-order chi connectivity index (χ0) is 12.5. The van der Waals surface area contributed by atoms with Gasteiger partial charge in [0.2, 0.25) is 0 Å². The molecule has 0 spiro atoms. The Balaban J connectivity index is 2.55. The molecule has 0 bridgehead atoms. The van der Waals surface area contributed by atoms with E-state index in [4.69, 9.17) is 14.2 Å². The minimum Gasteiger partial charge on any atom is -0.493 e. The Hall–Kier alpha value is -0.740. The molecule has 0 N–H and O–H groups in total. The molecule has 3 nitrogen and oxygen atoms in total. The summed E-state index contributed by atoms with van der Waals surface area (Å²) in [6, 6.07) is 5.91. The van der Waals surface area contributed by atoms with Gasteiger partial charge in [-0.2, -0.15) is 0 Å². The molecular formula is C13H19BrO3. The van der Waals surface area contributed by atoms with E-state index in [2.05, 4.69) is 15.9 Å². The van der Waals surface area contributed by atoms with Gasteiger partial charge in [0.25, 0.3) is 0 Å². The molecule has 0 aliphatic rings. The molecule has 0 atom stereocenters. The second-order valence-electron chi connectivity index (χ2n) is 3.63. The summed E-state index contributed by atoms with van der Waals surface area (Å²) in [4.78, 5) is 0. The molecular weight excluding hydrogens is 284 g/mol. The largest absolute Gasteiger partial charge is 0.493 e. The summed E-state index contributed by atoms with van der Waals surface area (Å²) >= 11 is 3.45. The van der Waals surface area contributed by atoms with Crippen LogP contribution in [0, 0.1) is 0 Å². The number of methoxy groups -OCH3 is 2. The molecule has 17 heavy (non-hydrogen) atoms. The zero-order valence-electron chi connectivity index (χ0n) is 10.4. The number of hydrogen-bond donors (Lipinski definition) is 0. The van der Waals surface area contributed by atoms with Crippen LogP contribution < -0.4 is 9.47 Å². The quantitative estimate of drug-likeness (QED) is 0.544. The van der Waals surface area contributed by atoms with Gasteiger partial charge in [-0.05, 0) is 18.9 Å². The summed E-state index contributed by atoms with van der Waals surface area (Å²) in [5.41, 5.74) is 1.11. The molecule has 1 aromatic rings. The van der Waals surface area contributed by atoms with E-state index in [1.165, 1.54) is 0 Å². The van der Waals surface area contributed by atoms with Crippen LogP contribution in [0.4, 0.5) is 0 Å². The Morgan fingerprint density at radius 2 is 1.88 bits per heavy atom. The lowest BCUT2D eigenvalue weighted by Crippen LogP contribution is -2.03. The molecule has 1 aromatic carbocycles. The predicted octanol–water partition coefficient (Wildman–Crippen LogP) is 3.40. The first-order valence-corrected chi connectivity index (χ1v) is 6.79. The van der Waals surface area contributed by atoms with Gasteiger partial charge < -0.3 is 14.2 Å². The number of benzene rings is 1. The molecule has 0 aliphatic carbocycles. The molecule has 0 aliphatic heterocycles. The van der Waals surface area contributed by atoms with E-state index in [0.29, 0.717) is 6.61 Å². The molecule has 0 radical (unpaired) electrons. The van der Waals surface area contributed by atoms with Crippen LogP contribution in [0.1, 0.15) is 18.4 Å². The van der Waals surface area contributed by atoms with E-state index >= 15 is 0 Å². The normalized spacial score (nSPS) is 10.3. The van der Waals surface area contributed by atoms with Crippen LogP contribution in [0.15, 0.2) is 18.2 Å². The lowest BCUT2D eigenvalue weighted by Gasteiger charge is -2.13. The molecule has 0 aromatic heterocycles. The first-order valence-electron chi connectivity index (χ1n) is 5.67. The number of rotatable bonds is 8. The van der Waals surface area contributed by atoms with Crippen molar-refractivity contribution in [2.75, 3.05) is 27.4 Å². The van der Waals surface area contributed by atoms with Crippen LogP contribution in [0.2, 0.25) is 0 Å². The van der Waals surface area contributed by atoms with E-state index in [9.17, 15) is 0 Å². The van der Waals surface area contributed by atoms with E-state index in [1.807, 2.05) is 18.2 Å². The monoisotopic (exact) mass is 302 g/mol. The fraction of sp³-hybridized carbons (Fsp3) is 0.538. The highest BCUT2D eigenvalue weighted by molar-refractivity contribution is 9.08. The van der Waals surface area contributed by atoms with Crippen LogP contribution in [0.3, 0.4) is 0 Å². The molecule has 96 valence electrons. The molecule has 0 unspecified atom stereocenters. The lowest BCUT2D eigenvalue weighted by atomic mass is 10.2. The van der Waals surface area contributed by atoms with E-state index in [-0.39, 0.29) is 0 Å². The summed E-state index contributed by atoms with van der Waals surface area (Å²) in [5.74, 6) is 1.62. The number of ether oxygens (including phenoxy) is 3. The second kappa shape index (κ2) is 8.37. The van der Waals surface area contributed by atoms with Gasteiger partial charge in [-0.1, -0.05) is 28.1 Å². The molecule has 0 saturated carbocycles. The maximum Gasteiger partial charge on any atom is 0.165 e. The first-order chi connectivity index (χ1) is 8.33. The minimum atomic E-state index is 0.684. The van der Waals surface area contributed by atoms with Crippen molar-refractivity contribution < 1.29 is 14.2 Å². The van der Waals surface area contributed by atoms with Crippen LogP contribution >= 0.6 is 15.9 Å². The third-order valence-electron chi connectivity index (χ3n) is 2.41. The number of halogens is 1. The maximum absolute atomic E-state index is 5.79. The predicted molar refractivity (Wildman–Crippen MR) is 72.2 cm³/mol. The summed E-state index contributed by atoms with van der Waals surface area (Å²) in [6.45, 7) is 1.46. The molecule has 0 heterocycles. The van der Waals surface area contributed by atoms with Crippen molar-refractivity contribution in [3.05, 3.63) is 23.8 Å². The standard InChI is InChI=1S/C13H19BrO3/c1-15-8-3-4-9-17-13-11(10-14)6-5-7-12(13)16-2/h5-7H,3-4,8-10H2,1-2H3. The summed E-state index contributed by atoms with van der Waals surface area (Å²) in [5, 5.41) is 0.762. The molecule has 0 amide bonds. The van der Waals surface area contributed by atoms with Crippen LogP contribution in [-0.2, 0) is 10.1 Å². The summed E-state index contributed by atoms with van der Waals surface area (Å²) in [7, 11) is 3.37. The first kappa shape index (κ1) is 14.3. The highest BCUT2D eigenvalue weighted by Gasteiger charge is 2.09. The van der Waals surface area contributed by atoms with Gasteiger partial charge >= 0.3 is 0 Å². The highest BCUT2D eigenvalue weighted by atomic mass is 79.9. The topological polar surface area (TPSA) is 27.7 Å². The van der Waals surface area contributed by atoms with Crippen LogP contribution in [0.5, 0.6) is 11.5 Å². The van der Waals surface area contributed by atoms with Gasteiger partial charge in [0.1, 0.15) is 0 Å².